The molecule has 1 aromatic heterocycles. The van der Waals surface area contributed by atoms with Crippen LogP contribution in [0.15, 0.2) is 42.5 Å². The number of para-hydroxylation sites is 2. The van der Waals surface area contributed by atoms with Gasteiger partial charge in [-0.3, -0.25) is 4.79 Å². The van der Waals surface area contributed by atoms with Crippen LogP contribution in [0.5, 0.6) is 11.5 Å². The second-order valence-corrected chi connectivity index (χ2v) is 6.20. The molecule has 1 N–H and O–H groups in total. The van der Waals surface area contributed by atoms with Crippen LogP contribution in [0.3, 0.4) is 0 Å². The molecule has 1 fully saturated rings. The average molecular weight is 358 g/mol. The van der Waals surface area contributed by atoms with Gasteiger partial charge in [-0.15, -0.1) is 0 Å². The van der Waals surface area contributed by atoms with E-state index in [1.165, 1.54) is 13.2 Å². The van der Waals surface area contributed by atoms with Crippen molar-refractivity contribution in [1.29, 1.82) is 0 Å². The average Bonchev–Trinajstić information content (AvgIpc) is 3.31. The number of benzene rings is 2. The first-order valence-corrected chi connectivity index (χ1v) is 8.18. The number of nitrogens with one attached hydrogen (secondary N) is 1. The number of alkyl halides is 2. The van der Waals surface area contributed by atoms with E-state index in [9.17, 15) is 13.6 Å². The number of ether oxygens (including phenoxy) is 2. The summed E-state index contributed by atoms with van der Waals surface area (Å²) in [7, 11) is 1.39. The number of aromatic amines is 1. The Labute approximate surface area is 148 Å². The Morgan fingerprint density at radius 3 is 2.77 bits per heavy atom. The first kappa shape index (κ1) is 16.5. The van der Waals surface area contributed by atoms with Gasteiger partial charge in [0.25, 0.3) is 0 Å². The van der Waals surface area contributed by atoms with Crippen LogP contribution >= 0.6 is 0 Å². The summed E-state index contributed by atoms with van der Waals surface area (Å²) in [6.45, 7) is -2.92. The highest BCUT2D eigenvalue weighted by molar-refractivity contribution is 5.99. The summed E-state index contributed by atoms with van der Waals surface area (Å²) in [6.07, 6.45) is 0.689. The van der Waals surface area contributed by atoms with Crippen molar-refractivity contribution in [3.05, 3.63) is 53.9 Å². The van der Waals surface area contributed by atoms with E-state index in [2.05, 4.69) is 14.7 Å². The zero-order valence-electron chi connectivity index (χ0n) is 13.9. The van der Waals surface area contributed by atoms with E-state index in [1.54, 1.807) is 12.1 Å². The fourth-order valence-corrected chi connectivity index (χ4v) is 3.21. The van der Waals surface area contributed by atoms with E-state index in [0.717, 1.165) is 16.6 Å². The van der Waals surface area contributed by atoms with Crippen LogP contribution < -0.4 is 9.47 Å². The van der Waals surface area contributed by atoms with Crippen LogP contribution in [0.2, 0.25) is 0 Å². The van der Waals surface area contributed by atoms with E-state index < -0.39 is 6.61 Å². The van der Waals surface area contributed by atoms with Gasteiger partial charge in [0.2, 0.25) is 5.78 Å². The third kappa shape index (κ3) is 3.00. The molecule has 26 heavy (non-hydrogen) atoms. The van der Waals surface area contributed by atoms with Gasteiger partial charge >= 0.3 is 6.61 Å². The molecule has 0 bridgehead atoms. The highest BCUT2D eigenvalue weighted by atomic mass is 19.3. The SMILES string of the molecule is COc1cc([C@@H]2C[C@@H]2C(=O)c2nc3ccccc3[nH]2)ccc1OC(F)F. The monoisotopic (exact) mass is 358 g/mol. The summed E-state index contributed by atoms with van der Waals surface area (Å²) >= 11 is 0. The number of Topliss-reactive ketones (excluding diaryl/α,β-unsaturated/α-hetero) is 1. The van der Waals surface area contributed by atoms with Gasteiger partial charge in [0, 0.05) is 5.92 Å². The number of methoxy groups -OCH3 is 1. The molecule has 0 unspecified atom stereocenters. The quantitative estimate of drug-likeness (QED) is 0.672. The minimum absolute atomic E-state index is 0.0187. The molecule has 0 saturated heterocycles. The Morgan fingerprint density at radius 1 is 1.23 bits per heavy atom. The van der Waals surface area contributed by atoms with Crippen molar-refractivity contribution in [2.75, 3.05) is 7.11 Å². The van der Waals surface area contributed by atoms with Gasteiger partial charge < -0.3 is 14.5 Å². The Bertz CT molecular complexity index is 937. The van der Waals surface area contributed by atoms with Gasteiger partial charge in [0.15, 0.2) is 17.3 Å². The number of nitrogens with zero attached hydrogens (tertiary/aromatic N) is 1. The Morgan fingerprint density at radius 2 is 2.04 bits per heavy atom. The largest absolute Gasteiger partial charge is 0.493 e. The molecular weight excluding hydrogens is 342 g/mol. The molecule has 0 spiro atoms. The van der Waals surface area contributed by atoms with Gasteiger partial charge in [0.1, 0.15) is 0 Å². The smallest absolute Gasteiger partial charge is 0.387 e. The van der Waals surface area contributed by atoms with Gasteiger partial charge in [0.05, 0.1) is 18.1 Å². The lowest BCUT2D eigenvalue weighted by atomic mass is 10.1. The number of hydrogen-bond acceptors (Lipinski definition) is 4. The molecule has 3 aromatic rings. The first-order chi connectivity index (χ1) is 12.6. The second-order valence-electron chi connectivity index (χ2n) is 6.20. The van der Waals surface area contributed by atoms with Gasteiger partial charge in [-0.2, -0.15) is 8.78 Å². The second kappa shape index (κ2) is 6.40. The molecule has 1 aliphatic carbocycles. The fraction of sp³-hybridized carbons (Fsp3) is 0.263. The highest BCUT2D eigenvalue weighted by Gasteiger charge is 2.45. The zero-order valence-corrected chi connectivity index (χ0v) is 13.9. The van der Waals surface area contributed by atoms with Crippen LogP contribution in [0, 0.1) is 5.92 Å². The topological polar surface area (TPSA) is 64.2 Å². The summed E-state index contributed by atoms with van der Waals surface area (Å²) in [5.41, 5.74) is 2.43. The Hall–Kier alpha value is -2.96. The number of carbonyl (C=O) groups is 1. The van der Waals surface area contributed by atoms with E-state index >= 15 is 0 Å². The van der Waals surface area contributed by atoms with E-state index in [-0.39, 0.29) is 29.1 Å². The van der Waals surface area contributed by atoms with E-state index in [4.69, 9.17) is 4.74 Å². The van der Waals surface area contributed by atoms with Crippen LogP contribution in [0.1, 0.15) is 28.5 Å². The van der Waals surface area contributed by atoms with Crippen molar-refractivity contribution in [1.82, 2.24) is 9.97 Å². The summed E-state index contributed by atoms with van der Waals surface area (Å²) in [4.78, 5) is 20.1. The molecular formula is C19H16F2N2O3. The van der Waals surface area contributed by atoms with E-state index in [1.807, 2.05) is 24.3 Å². The summed E-state index contributed by atoms with van der Waals surface area (Å²) in [6, 6.07) is 12.2. The molecule has 134 valence electrons. The first-order valence-electron chi connectivity index (χ1n) is 8.18. The summed E-state index contributed by atoms with van der Waals surface area (Å²) in [5.74, 6) is 0.352. The molecule has 2 aromatic carbocycles. The maximum Gasteiger partial charge on any atom is 0.387 e. The van der Waals surface area contributed by atoms with Crippen LogP contribution in [-0.2, 0) is 0 Å². The Balaban J connectivity index is 1.53. The predicted molar refractivity (Wildman–Crippen MR) is 90.9 cm³/mol. The minimum atomic E-state index is -2.92. The standard InChI is InChI=1S/C19H16F2N2O3/c1-25-16-8-10(6-7-15(16)26-19(20)21)11-9-12(11)17(24)18-22-13-4-2-3-5-14(13)23-18/h2-8,11-12,19H,9H2,1H3,(H,22,23)/t11-,12-/m0/s1. The number of aromatic nitrogens is 2. The maximum absolute atomic E-state index is 12.7. The van der Waals surface area contributed by atoms with Gasteiger partial charge in [-0.1, -0.05) is 18.2 Å². The molecule has 1 heterocycles. The maximum atomic E-state index is 12.7. The number of ketones is 1. The molecule has 0 aliphatic heterocycles. The van der Waals surface area contributed by atoms with Crippen molar-refractivity contribution < 1.29 is 23.0 Å². The minimum Gasteiger partial charge on any atom is -0.493 e. The Kier molecular flexibility index (Phi) is 4.06. The predicted octanol–water partition coefficient (Wildman–Crippen LogP) is 4.16. The third-order valence-electron chi connectivity index (χ3n) is 4.58. The van der Waals surface area contributed by atoms with Crippen LogP contribution in [0.4, 0.5) is 8.78 Å². The molecule has 1 aliphatic rings. The lowest BCUT2D eigenvalue weighted by Crippen LogP contribution is -2.06. The van der Waals surface area contributed by atoms with Crippen molar-refractivity contribution in [3.63, 3.8) is 0 Å². The van der Waals surface area contributed by atoms with E-state index in [0.29, 0.717) is 12.2 Å². The molecule has 7 heteroatoms. The van der Waals surface area contributed by atoms with Gasteiger partial charge in [-0.05, 0) is 42.2 Å². The van der Waals surface area contributed by atoms with Crippen molar-refractivity contribution in [2.45, 2.75) is 19.0 Å². The van der Waals surface area contributed by atoms with Crippen molar-refractivity contribution in [2.24, 2.45) is 5.92 Å². The molecule has 1 saturated carbocycles. The number of hydrogen-bond donors (Lipinski definition) is 1. The van der Waals surface area contributed by atoms with Crippen LogP contribution in [-0.4, -0.2) is 29.5 Å². The lowest BCUT2D eigenvalue weighted by molar-refractivity contribution is -0.0512. The number of carbonyl (C=O) groups excluding carboxylic acids is 1. The fourth-order valence-electron chi connectivity index (χ4n) is 3.21. The number of fused-ring (bicyclic) bond motifs is 1. The summed E-state index contributed by atoms with van der Waals surface area (Å²) in [5, 5.41) is 0. The molecule has 4 rings (SSSR count). The summed E-state index contributed by atoms with van der Waals surface area (Å²) < 4.78 is 34.4. The molecule has 0 amide bonds. The van der Waals surface area contributed by atoms with Crippen LogP contribution in [0.25, 0.3) is 11.0 Å². The number of rotatable bonds is 6. The number of H-pyrrole nitrogens is 1. The normalized spacial score (nSPS) is 18.9. The zero-order chi connectivity index (χ0) is 18.3. The highest BCUT2D eigenvalue weighted by Crippen LogP contribution is 2.50. The van der Waals surface area contributed by atoms with Gasteiger partial charge in [-0.25, -0.2) is 4.98 Å². The van der Waals surface area contributed by atoms with Crippen molar-refractivity contribution >= 4 is 16.8 Å². The molecule has 0 radical (unpaired) electrons. The third-order valence-corrected chi connectivity index (χ3v) is 4.58. The van der Waals surface area contributed by atoms with Crippen molar-refractivity contribution in [3.8, 4) is 11.5 Å². The number of halogens is 2. The molecule has 5 nitrogen and oxygen atoms in total. The molecule has 2 atom stereocenters. The number of imidazole rings is 1. The lowest BCUT2D eigenvalue weighted by Gasteiger charge is -2.11.